The normalized spacial score (nSPS) is 18.8. The standard InChI is InChI=1S/C18H10ClF3N2O4/c19-13-14(23-11-6-4-9(5-7-11)17(27)28)16(26)24(15(13)25)12-3-1-2-10(8-12)18(20,21)22/h1-8,13H,(H,27,28). The van der Waals surface area contributed by atoms with Gasteiger partial charge in [0.1, 0.15) is 5.71 Å². The first-order chi connectivity index (χ1) is 13.1. The number of aromatic carboxylic acids is 1. The fourth-order valence-corrected chi connectivity index (χ4v) is 2.78. The Labute approximate surface area is 160 Å². The molecule has 1 N–H and O–H groups in total. The molecule has 144 valence electrons. The monoisotopic (exact) mass is 410 g/mol. The molecule has 1 unspecified atom stereocenters. The van der Waals surface area contributed by atoms with E-state index in [2.05, 4.69) is 4.99 Å². The van der Waals surface area contributed by atoms with Gasteiger partial charge < -0.3 is 5.11 Å². The summed E-state index contributed by atoms with van der Waals surface area (Å²) in [6.45, 7) is 0. The van der Waals surface area contributed by atoms with Gasteiger partial charge in [0.2, 0.25) is 0 Å². The Morgan fingerprint density at radius 1 is 1.11 bits per heavy atom. The minimum absolute atomic E-state index is 0.00853. The van der Waals surface area contributed by atoms with Crippen LogP contribution in [0.5, 0.6) is 0 Å². The average molecular weight is 411 g/mol. The summed E-state index contributed by atoms with van der Waals surface area (Å²) < 4.78 is 38.7. The quantitative estimate of drug-likeness (QED) is 0.618. The number of nitrogens with zero attached hydrogens (tertiary/aromatic N) is 2. The number of aliphatic imine (C=N–C) groups is 1. The van der Waals surface area contributed by atoms with Crippen molar-refractivity contribution in [2.75, 3.05) is 4.90 Å². The molecule has 1 aliphatic heterocycles. The summed E-state index contributed by atoms with van der Waals surface area (Å²) in [6.07, 6.45) is -4.65. The predicted octanol–water partition coefficient (Wildman–Crippen LogP) is 3.66. The molecule has 6 nitrogen and oxygen atoms in total. The van der Waals surface area contributed by atoms with Gasteiger partial charge in [0.15, 0.2) is 5.38 Å². The Kier molecular flexibility index (Phi) is 4.95. The zero-order chi connectivity index (χ0) is 20.6. The number of imide groups is 1. The van der Waals surface area contributed by atoms with E-state index < -0.39 is 34.9 Å². The largest absolute Gasteiger partial charge is 0.478 e. The van der Waals surface area contributed by atoms with Gasteiger partial charge in [0.25, 0.3) is 11.8 Å². The van der Waals surface area contributed by atoms with E-state index in [1.54, 1.807) is 0 Å². The van der Waals surface area contributed by atoms with Crippen LogP contribution in [0.25, 0.3) is 0 Å². The smallest absolute Gasteiger partial charge is 0.416 e. The minimum atomic E-state index is -4.65. The van der Waals surface area contributed by atoms with Crippen molar-refractivity contribution in [1.82, 2.24) is 0 Å². The number of carbonyl (C=O) groups is 3. The van der Waals surface area contributed by atoms with Crippen LogP contribution in [-0.2, 0) is 15.8 Å². The van der Waals surface area contributed by atoms with Crippen molar-refractivity contribution in [3.8, 4) is 0 Å². The zero-order valence-corrected chi connectivity index (χ0v) is 14.5. The molecule has 0 aliphatic carbocycles. The fraction of sp³-hybridized carbons (Fsp3) is 0.111. The molecular formula is C18H10ClF3N2O4. The lowest BCUT2D eigenvalue weighted by molar-refractivity contribution is -0.137. The van der Waals surface area contributed by atoms with Gasteiger partial charge in [-0.3, -0.25) is 9.59 Å². The number of hydrogen-bond acceptors (Lipinski definition) is 4. The summed E-state index contributed by atoms with van der Waals surface area (Å²) in [7, 11) is 0. The lowest BCUT2D eigenvalue weighted by Gasteiger charge is -2.15. The molecule has 0 spiro atoms. The Balaban J connectivity index is 1.96. The molecule has 1 aliphatic rings. The number of halogens is 4. The van der Waals surface area contributed by atoms with E-state index in [0.29, 0.717) is 11.0 Å². The highest BCUT2D eigenvalue weighted by atomic mass is 35.5. The Hall–Kier alpha value is -3.20. The topological polar surface area (TPSA) is 87.0 Å². The van der Waals surface area contributed by atoms with Crippen LogP contribution in [-0.4, -0.2) is 34.0 Å². The second kappa shape index (κ2) is 7.08. The average Bonchev–Trinajstić information content (AvgIpc) is 2.85. The summed E-state index contributed by atoms with van der Waals surface area (Å²) in [4.78, 5) is 40.3. The number of rotatable bonds is 3. The number of anilines is 1. The van der Waals surface area contributed by atoms with E-state index in [4.69, 9.17) is 16.7 Å². The van der Waals surface area contributed by atoms with Crippen molar-refractivity contribution in [2.24, 2.45) is 4.99 Å². The van der Waals surface area contributed by atoms with Crippen molar-refractivity contribution < 1.29 is 32.7 Å². The molecule has 0 radical (unpaired) electrons. The van der Waals surface area contributed by atoms with Gasteiger partial charge in [-0.05, 0) is 42.5 Å². The number of carboxylic acid groups (broad SMARTS) is 1. The van der Waals surface area contributed by atoms with Crippen molar-refractivity contribution in [3.63, 3.8) is 0 Å². The molecule has 1 atom stereocenters. The van der Waals surface area contributed by atoms with Crippen molar-refractivity contribution in [3.05, 3.63) is 59.7 Å². The Bertz CT molecular complexity index is 1000. The lowest BCUT2D eigenvalue weighted by atomic mass is 10.2. The first-order valence-electron chi connectivity index (χ1n) is 7.71. The third-order valence-corrected chi connectivity index (χ3v) is 4.29. The molecular weight excluding hydrogens is 401 g/mol. The molecule has 0 saturated carbocycles. The predicted molar refractivity (Wildman–Crippen MR) is 94.1 cm³/mol. The first-order valence-corrected chi connectivity index (χ1v) is 8.15. The van der Waals surface area contributed by atoms with Gasteiger partial charge in [-0.25, -0.2) is 14.7 Å². The van der Waals surface area contributed by atoms with Crippen molar-refractivity contribution >= 4 is 46.5 Å². The van der Waals surface area contributed by atoms with Crippen LogP contribution >= 0.6 is 11.6 Å². The van der Waals surface area contributed by atoms with Crippen LogP contribution in [0.3, 0.4) is 0 Å². The summed E-state index contributed by atoms with van der Waals surface area (Å²) >= 11 is 5.97. The number of carboxylic acids is 1. The van der Waals surface area contributed by atoms with Gasteiger partial charge in [0, 0.05) is 0 Å². The van der Waals surface area contributed by atoms with Gasteiger partial charge in [-0.15, -0.1) is 11.6 Å². The van der Waals surface area contributed by atoms with Crippen molar-refractivity contribution in [1.29, 1.82) is 0 Å². The van der Waals surface area contributed by atoms with Crippen LogP contribution in [0.2, 0.25) is 0 Å². The molecule has 1 saturated heterocycles. The zero-order valence-electron chi connectivity index (χ0n) is 13.8. The molecule has 1 fully saturated rings. The van der Waals surface area contributed by atoms with Gasteiger partial charge in [-0.1, -0.05) is 6.07 Å². The maximum atomic E-state index is 12.9. The highest BCUT2D eigenvalue weighted by Gasteiger charge is 2.45. The molecule has 0 bridgehead atoms. The van der Waals surface area contributed by atoms with E-state index in [1.165, 1.54) is 30.3 Å². The van der Waals surface area contributed by atoms with Gasteiger partial charge >= 0.3 is 12.1 Å². The highest BCUT2D eigenvalue weighted by molar-refractivity contribution is 6.68. The third-order valence-electron chi connectivity index (χ3n) is 3.89. The fourth-order valence-electron chi connectivity index (χ4n) is 2.54. The third kappa shape index (κ3) is 3.61. The summed E-state index contributed by atoms with van der Waals surface area (Å²) in [5.41, 5.74) is -1.51. The summed E-state index contributed by atoms with van der Waals surface area (Å²) in [6, 6.07) is 8.85. The van der Waals surface area contributed by atoms with E-state index in [9.17, 15) is 27.6 Å². The second-order valence-electron chi connectivity index (χ2n) is 5.74. The minimum Gasteiger partial charge on any atom is -0.478 e. The summed E-state index contributed by atoms with van der Waals surface area (Å²) in [5.74, 6) is -3.03. The maximum Gasteiger partial charge on any atom is 0.416 e. The Morgan fingerprint density at radius 3 is 2.32 bits per heavy atom. The maximum absolute atomic E-state index is 12.9. The molecule has 2 aromatic rings. The van der Waals surface area contributed by atoms with Crippen LogP contribution in [0.15, 0.2) is 53.5 Å². The van der Waals surface area contributed by atoms with Crippen LogP contribution in [0, 0.1) is 0 Å². The Morgan fingerprint density at radius 2 is 1.75 bits per heavy atom. The first kappa shape index (κ1) is 19.6. The van der Waals surface area contributed by atoms with Gasteiger partial charge in [-0.2, -0.15) is 13.2 Å². The lowest BCUT2D eigenvalue weighted by Crippen LogP contribution is -2.31. The summed E-state index contributed by atoms with van der Waals surface area (Å²) in [5, 5.41) is 7.39. The van der Waals surface area contributed by atoms with E-state index >= 15 is 0 Å². The van der Waals surface area contributed by atoms with E-state index in [0.717, 1.165) is 12.1 Å². The highest BCUT2D eigenvalue weighted by Crippen LogP contribution is 2.33. The molecule has 28 heavy (non-hydrogen) atoms. The van der Waals surface area contributed by atoms with E-state index in [1.807, 2.05) is 0 Å². The van der Waals surface area contributed by atoms with Gasteiger partial charge in [0.05, 0.1) is 22.5 Å². The number of hydrogen-bond donors (Lipinski definition) is 1. The number of alkyl halides is 4. The molecule has 2 aromatic carbocycles. The van der Waals surface area contributed by atoms with Crippen LogP contribution in [0.4, 0.5) is 24.5 Å². The molecule has 0 aromatic heterocycles. The van der Waals surface area contributed by atoms with E-state index in [-0.39, 0.29) is 22.6 Å². The number of benzene rings is 2. The SMILES string of the molecule is O=C(O)c1ccc(N=C2C(=O)N(c3cccc(C(F)(F)F)c3)C(=O)C2Cl)cc1. The van der Waals surface area contributed by atoms with Crippen LogP contribution < -0.4 is 4.90 Å². The van der Waals surface area contributed by atoms with Crippen LogP contribution in [0.1, 0.15) is 15.9 Å². The number of amides is 2. The second-order valence-corrected chi connectivity index (χ2v) is 6.17. The molecule has 10 heteroatoms. The number of carbonyl (C=O) groups excluding carboxylic acids is 2. The molecule has 3 rings (SSSR count). The van der Waals surface area contributed by atoms with Crippen molar-refractivity contribution in [2.45, 2.75) is 11.6 Å². The molecule has 2 amide bonds. The molecule has 1 heterocycles.